The first kappa shape index (κ1) is 18.3. The highest BCUT2D eigenvalue weighted by Crippen LogP contribution is 2.37. The molecule has 1 aliphatic rings. The number of nitrogens with two attached hydrogens (primary N) is 1. The van der Waals surface area contributed by atoms with Crippen molar-refractivity contribution in [2.45, 2.75) is 38.3 Å². The molecule has 0 saturated carbocycles. The van der Waals surface area contributed by atoms with Crippen molar-refractivity contribution < 1.29 is 4.79 Å². The number of hydrogen-bond acceptors (Lipinski definition) is 5. The summed E-state index contributed by atoms with van der Waals surface area (Å²) in [6, 6.07) is 7.74. The summed E-state index contributed by atoms with van der Waals surface area (Å²) in [5.74, 6) is 0.296. The Labute approximate surface area is 165 Å². The fraction of sp³-hybridized carbons (Fsp3) is 0.350. The molecule has 140 valence electrons. The van der Waals surface area contributed by atoms with Gasteiger partial charge in [0.15, 0.2) is 5.16 Å². The molecule has 5 nitrogen and oxygen atoms in total. The van der Waals surface area contributed by atoms with Crippen LogP contribution in [0, 0.1) is 12.8 Å². The van der Waals surface area contributed by atoms with Gasteiger partial charge in [-0.05, 0) is 49.3 Å². The molecular formula is C20H21N3O2S2. The van der Waals surface area contributed by atoms with Gasteiger partial charge in [-0.1, -0.05) is 36.9 Å². The molecule has 0 saturated heterocycles. The molecule has 2 N–H and O–H groups in total. The first-order valence-corrected chi connectivity index (χ1v) is 10.8. The number of aromatic nitrogens is 2. The summed E-state index contributed by atoms with van der Waals surface area (Å²) in [5, 5.41) is 1.26. The number of carbonyl (C=O) groups excluding carboxylic acids is 1. The van der Waals surface area contributed by atoms with E-state index < -0.39 is 5.91 Å². The normalized spacial score (nSPS) is 16.4. The molecular weight excluding hydrogens is 378 g/mol. The number of hydrogen-bond donors (Lipinski definition) is 1. The zero-order valence-electron chi connectivity index (χ0n) is 15.3. The van der Waals surface area contributed by atoms with Crippen molar-refractivity contribution in [2.24, 2.45) is 11.7 Å². The number of primary amides is 1. The van der Waals surface area contributed by atoms with Crippen molar-refractivity contribution in [2.75, 3.05) is 5.75 Å². The number of amides is 1. The lowest BCUT2D eigenvalue weighted by atomic mass is 9.89. The molecule has 7 heteroatoms. The van der Waals surface area contributed by atoms with Crippen molar-refractivity contribution in [3.05, 3.63) is 50.6 Å². The van der Waals surface area contributed by atoms with Crippen LogP contribution in [0.5, 0.6) is 0 Å². The molecule has 0 aliphatic heterocycles. The summed E-state index contributed by atoms with van der Waals surface area (Å²) in [7, 11) is 0. The summed E-state index contributed by atoms with van der Waals surface area (Å²) in [4.78, 5) is 31.7. The second-order valence-electron chi connectivity index (χ2n) is 7.11. The predicted octanol–water partition coefficient (Wildman–Crippen LogP) is 3.46. The van der Waals surface area contributed by atoms with Crippen LogP contribution in [0.4, 0.5) is 0 Å². The van der Waals surface area contributed by atoms with Gasteiger partial charge >= 0.3 is 0 Å². The summed E-state index contributed by atoms with van der Waals surface area (Å²) >= 11 is 2.84. The Morgan fingerprint density at radius 2 is 2.19 bits per heavy atom. The van der Waals surface area contributed by atoms with Gasteiger partial charge in [0.05, 0.1) is 16.8 Å². The van der Waals surface area contributed by atoms with Gasteiger partial charge in [0.25, 0.3) is 5.56 Å². The van der Waals surface area contributed by atoms with Crippen LogP contribution in [0.15, 0.2) is 34.2 Å². The Kier molecular flexibility index (Phi) is 4.82. The highest BCUT2D eigenvalue weighted by atomic mass is 32.2. The highest BCUT2D eigenvalue weighted by molar-refractivity contribution is 7.99. The van der Waals surface area contributed by atoms with E-state index in [1.54, 1.807) is 15.9 Å². The Morgan fingerprint density at radius 1 is 1.41 bits per heavy atom. The van der Waals surface area contributed by atoms with Crippen LogP contribution in [0.25, 0.3) is 15.9 Å². The van der Waals surface area contributed by atoms with Crippen molar-refractivity contribution in [1.29, 1.82) is 0 Å². The summed E-state index contributed by atoms with van der Waals surface area (Å²) in [6.07, 6.45) is 3.03. The number of nitrogens with zero attached hydrogens (tertiary/aromatic N) is 2. The van der Waals surface area contributed by atoms with Crippen molar-refractivity contribution in [3.8, 4) is 5.69 Å². The molecule has 1 aromatic carbocycles. The molecule has 1 atom stereocenters. The molecule has 27 heavy (non-hydrogen) atoms. The van der Waals surface area contributed by atoms with Crippen LogP contribution in [-0.4, -0.2) is 21.2 Å². The van der Waals surface area contributed by atoms with E-state index in [-0.39, 0.29) is 11.3 Å². The third kappa shape index (κ3) is 3.30. The zero-order valence-corrected chi connectivity index (χ0v) is 17.0. The molecule has 1 aliphatic carbocycles. The fourth-order valence-electron chi connectivity index (χ4n) is 3.63. The van der Waals surface area contributed by atoms with Crippen LogP contribution in [0.1, 0.15) is 29.3 Å². The molecule has 0 fully saturated rings. The maximum absolute atomic E-state index is 13.6. The van der Waals surface area contributed by atoms with E-state index in [4.69, 9.17) is 10.7 Å². The van der Waals surface area contributed by atoms with E-state index in [1.807, 2.05) is 31.2 Å². The van der Waals surface area contributed by atoms with Gasteiger partial charge in [0.1, 0.15) is 4.83 Å². The van der Waals surface area contributed by atoms with Crippen LogP contribution in [0.3, 0.4) is 0 Å². The number of thiophene rings is 1. The third-order valence-corrected chi connectivity index (χ3v) is 7.11. The molecule has 0 unspecified atom stereocenters. The largest absolute Gasteiger partial charge is 0.369 e. The zero-order chi connectivity index (χ0) is 19.1. The molecule has 3 aromatic rings. The van der Waals surface area contributed by atoms with Crippen LogP contribution in [-0.2, 0) is 17.6 Å². The lowest BCUT2D eigenvalue weighted by Gasteiger charge is -2.18. The first-order chi connectivity index (χ1) is 13.0. The van der Waals surface area contributed by atoms with Crippen LogP contribution >= 0.6 is 23.1 Å². The number of para-hydroxylation sites is 1. The minimum absolute atomic E-state index is 0.0478. The molecule has 0 spiro atoms. The average Bonchev–Trinajstić information content (AvgIpc) is 2.98. The molecule has 1 amide bonds. The molecule has 2 heterocycles. The minimum Gasteiger partial charge on any atom is -0.369 e. The van der Waals surface area contributed by atoms with E-state index in [9.17, 15) is 9.59 Å². The van der Waals surface area contributed by atoms with Gasteiger partial charge < -0.3 is 5.73 Å². The lowest BCUT2D eigenvalue weighted by Crippen LogP contribution is -2.24. The molecule has 2 aromatic heterocycles. The second-order valence-corrected chi connectivity index (χ2v) is 9.13. The second kappa shape index (κ2) is 7.13. The SMILES string of the molecule is Cc1ccccc1-n1c(SCC(N)=O)nc2sc3c(c2c1=O)CC[C@H](C)C3. The topological polar surface area (TPSA) is 78.0 Å². The standard InChI is InChI=1S/C20H21N3O2S2/c1-11-7-8-13-15(9-11)27-18-17(13)19(25)23(14-6-4-3-5-12(14)2)20(22-18)26-10-16(21)24/h3-6,11H,7-10H2,1-2H3,(H2,21,24)/t11-/m0/s1. The Hall–Kier alpha value is -2.12. The molecule has 0 bridgehead atoms. The maximum Gasteiger partial charge on any atom is 0.267 e. The Balaban J connectivity index is 1.99. The third-order valence-electron chi connectivity index (χ3n) is 5.00. The van der Waals surface area contributed by atoms with Gasteiger partial charge in [0, 0.05) is 4.88 Å². The highest BCUT2D eigenvalue weighted by Gasteiger charge is 2.25. The summed E-state index contributed by atoms with van der Waals surface area (Å²) in [5.41, 5.74) is 8.24. The summed E-state index contributed by atoms with van der Waals surface area (Å²) in [6.45, 7) is 4.22. The van der Waals surface area contributed by atoms with Gasteiger partial charge in [-0.3, -0.25) is 14.2 Å². The minimum atomic E-state index is -0.426. The summed E-state index contributed by atoms with van der Waals surface area (Å²) < 4.78 is 1.65. The van der Waals surface area contributed by atoms with Gasteiger partial charge in [0.2, 0.25) is 5.91 Å². The van der Waals surface area contributed by atoms with Gasteiger partial charge in [-0.15, -0.1) is 11.3 Å². The van der Waals surface area contributed by atoms with Crippen molar-refractivity contribution >= 4 is 39.2 Å². The fourth-order valence-corrected chi connectivity index (χ4v) is 5.80. The quantitative estimate of drug-likeness (QED) is 0.538. The molecule has 0 radical (unpaired) electrons. The maximum atomic E-state index is 13.6. The van der Waals surface area contributed by atoms with Crippen LogP contribution < -0.4 is 11.3 Å². The number of aryl methyl sites for hydroxylation is 2. The number of carbonyl (C=O) groups is 1. The van der Waals surface area contributed by atoms with Crippen molar-refractivity contribution in [1.82, 2.24) is 9.55 Å². The Bertz CT molecular complexity index is 1100. The van der Waals surface area contributed by atoms with E-state index in [1.165, 1.54) is 22.2 Å². The number of rotatable bonds is 4. The Morgan fingerprint density at radius 3 is 2.93 bits per heavy atom. The average molecular weight is 400 g/mol. The van der Waals surface area contributed by atoms with E-state index in [0.29, 0.717) is 11.1 Å². The van der Waals surface area contributed by atoms with E-state index in [2.05, 4.69) is 6.92 Å². The van der Waals surface area contributed by atoms with Gasteiger partial charge in [-0.25, -0.2) is 4.98 Å². The first-order valence-electron chi connectivity index (χ1n) is 9.00. The van der Waals surface area contributed by atoms with Crippen molar-refractivity contribution in [3.63, 3.8) is 0 Å². The smallest absolute Gasteiger partial charge is 0.267 e. The van der Waals surface area contributed by atoms with Gasteiger partial charge in [-0.2, -0.15) is 0 Å². The molecule has 4 rings (SSSR count). The monoisotopic (exact) mass is 399 g/mol. The number of thioether (sulfide) groups is 1. The van der Waals surface area contributed by atoms with E-state index >= 15 is 0 Å². The number of benzene rings is 1. The number of fused-ring (bicyclic) bond motifs is 3. The predicted molar refractivity (Wildman–Crippen MR) is 111 cm³/mol. The van der Waals surface area contributed by atoms with E-state index in [0.717, 1.165) is 40.7 Å². The van der Waals surface area contributed by atoms with Crippen LogP contribution in [0.2, 0.25) is 0 Å². The lowest BCUT2D eigenvalue weighted by molar-refractivity contribution is -0.115.